The van der Waals surface area contributed by atoms with Crippen LogP contribution in [0.4, 0.5) is 9.18 Å². The normalized spacial score (nSPS) is 20.7. The van der Waals surface area contributed by atoms with E-state index in [1.54, 1.807) is 18.2 Å². The SMILES string of the molecule is O=C1N[C@@H](c2cccc(Br)c2F)CCO1. The summed E-state index contributed by atoms with van der Waals surface area (Å²) >= 11 is 3.11. The first-order valence-electron chi connectivity index (χ1n) is 4.55. The van der Waals surface area contributed by atoms with E-state index in [0.717, 1.165) is 0 Å². The fourth-order valence-electron chi connectivity index (χ4n) is 1.55. The molecule has 80 valence electrons. The molecule has 5 heteroatoms. The van der Waals surface area contributed by atoms with E-state index in [-0.39, 0.29) is 11.9 Å². The molecule has 1 aliphatic heterocycles. The molecule has 1 aromatic carbocycles. The smallest absolute Gasteiger partial charge is 0.407 e. The zero-order valence-electron chi connectivity index (χ0n) is 7.80. The summed E-state index contributed by atoms with van der Waals surface area (Å²) in [5.41, 5.74) is 0.487. The van der Waals surface area contributed by atoms with Crippen LogP contribution < -0.4 is 5.32 Å². The molecule has 2 rings (SSSR count). The number of halogens is 2. The summed E-state index contributed by atoms with van der Waals surface area (Å²) in [4.78, 5) is 11.0. The number of hydrogen-bond acceptors (Lipinski definition) is 2. The van der Waals surface area contributed by atoms with Crippen LogP contribution in [0.1, 0.15) is 18.0 Å². The third kappa shape index (κ3) is 2.12. The maximum absolute atomic E-state index is 13.7. The molecule has 0 aromatic heterocycles. The first-order chi connectivity index (χ1) is 7.18. The average molecular weight is 274 g/mol. The minimum atomic E-state index is -0.495. The molecule has 0 spiro atoms. The number of rotatable bonds is 1. The maximum Gasteiger partial charge on any atom is 0.407 e. The molecule has 15 heavy (non-hydrogen) atoms. The Kier molecular flexibility index (Phi) is 2.90. The van der Waals surface area contributed by atoms with E-state index in [9.17, 15) is 9.18 Å². The molecule has 3 nitrogen and oxygen atoms in total. The highest BCUT2D eigenvalue weighted by Gasteiger charge is 2.23. The minimum absolute atomic E-state index is 0.302. The van der Waals surface area contributed by atoms with Gasteiger partial charge in [0.2, 0.25) is 0 Å². The van der Waals surface area contributed by atoms with Gasteiger partial charge in [0.05, 0.1) is 17.1 Å². The molecule has 1 amide bonds. The molecule has 1 saturated heterocycles. The van der Waals surface area contributed by atoms with Gasteiger partial charge in [-0.25, -0.2) is 9.18 Å². The van der Waals surface area contributed by atoms with Gasteiger partial charge in [0, 0.05) is 12.0 Å². The first-order valence-corrected chi connectivity index (χ1v) is 5.35. The second-order valence-corrected chi connectivity index (χ2v) is 4.12. The molecular weight excluding hydrogens is 265 g/mol. The van der Waals surface area contributed by atoms with Crippen LogP contribution in [0.2, 0.25) is 0 Å². The lowest BCUT2D eigenvalue weighted by Crippen LogP contribution is -2.35. The number of cyclic esters (lactones) is 1. The molecule has 0 unspecified atom stereocenters. The van der Waals surface area contributed by atoms with E-state index in [1.807, 2.05) is 0 Å². The number of carbonyl (C=O) groups is 1. The van der Waals surface area contributed by atoms with Crippen LogP contribution >= 0.6 is 15.9 Å². The second-order valence-electron chi connectivity index (χ2n) is 3.26. The summed E-state index contributed by atoms with van der Waals surface area (Å²) in [6, 6.07) is 4.73. The molecule has 1 aliphatic rings. The quantitative estimate of drug-likeness (QED) is 0.855. The second kappa shape index (κ2) is 4.18. The van der Waals surface area contributed by atoms with Crippen LogP contribution in [-0.4, -0.2) is 12.7 Å². The molecule has 0 saturated carbocycles. The summed E-state index contributed by atoms with van der Waals surface area (Å²) in [5, 5.41) is 2.58. The number of nitrogens with one attached hydrogen (secondary N) is 1. The van der Waals surface area contributed by atoms with E-state index < -0.39 is 6.09 Å². The van der Waals surface area contributed by atoms with Crippen LogP contribution in [0.3, 0.4) is 0 Å². The van der Waals surface area contributed by atoms with Gasteiger partial charge in [0.15, 0.2) is 0 Å². The molecule has 1 heterocycles. The Morgan fingerprint density at radius 2 is 2.33 bits per heavy atom. The fraction of sp³-hybridized carbons (Fsp3) is 0.300. The van der Waals surface area contributed by atoms with Crippen LogP contribution in [0.15, 0.2) is 22.7 Å². The van der Waals surface area contributed by atoms with Crippen LogP contribution in [-0.2, 0) is 4.74 Å². The minimum Gasteiger partial charge on any atom is -0.449 e. The third-order valence-electron chi connectivity index (χ3n) is 2.29. The standard InChI is InChI=1S/C10H9BrFNO2/c11-7-3-1-2-6(9(7)12)8-4-5-15-10(14)13-8/h1-3,8H,4-5H2,(H,13,14)/t8-/m1/s1. The van der Waals surface area contributed by atoms with Gasteiger partial charge in [-0.3, -0.25) is 0 Å². The van der Waals surface area contributed by atoms with Gasteiger partial charge >= 0.3 is 6.09 Å². The largest absolute Gasteiger partial charge is 0.449 e. The number of alkyl carbamates (subject to hydrolysis) is 1. The first kappa shape index (κ1) is 10.4. The van der Waals surface area contributed by atoms with Gasteiger partial charge in [0.25, 0.3) is 0 Å². The molecule has 0 bridgehead atoms. The van der Waals surface area contributed by atoms with Gasteiger partial charge in [-0.2, -0.15) is 0 Å². The molecule has 1 fully saturated rings. The van der Waals surface area contributed by atoms with E-state index >= 15 is 0 Å². The van der Waals surface area contributed by atoms with E-state index in [1.165, 1.54) is 0 Å². The summed E-state index contributed by atoms with van der Waals surface area (Å²) in [6.07, 6.45) is 0.0877. The Morgan fingerprint density at radius 1 is 1.53 bits per heavy atom. The number of ether oxygens (including phenoxy) is 1. The number of hydrogen-bond donors (Lipinski definition) is 1. The predicted octanol–water partition coefficient (Wildman–Crippen LogP) is 2.76. The Labute approximate surface area is 94.7 Å². The van der Waals surface area contributed by atoms with Crippen molar-refractivity contribution in [1.29, 1.82) is 0 Å². The van der Waals surface area contributed by atoms with Gasteiger partial charge in [-0.1, -0.05) is 12.1 Å². The molecule has 1 atom stereocenters. The van der Waals surface area contributed by atoms with Crippen molar-refractivity contribution >= 4 is 22.0 Å². The predicted molar refractivity (Wildman–Crippen MR) is 55.9 cm³/mol. The Hall–Kier alpha value is -1.10. The summed E-state index contributed by atoms with van der Waals surface area (Å²) in [6.45, 7) is 0.322. The highest BCUT2D eigenvalue weighted by molar-refractivity contribution is 9.10. The Bertz CT molecular complexity index is 397. The monoisotopic (exact) mass is 273 g/mol. The Morgan fingerprint density at radius 3 is 3.07 bits per heavy atom. The highest BCUT2D eigenvalue weighted by Crippen LogP contribution is 2.27. The Balaban J connectivity index is 2.28. The maximum atomic E-state index is 13.7. The summed E-state index contributed by atoms with van der Waals surface area (Å²) in [5.74, 6) is -0.329. The van der Waals surface area contributed by atoms with Crippen molar-refractivity contribution in [3.8, 4) is 0 Å². The molecule has 0 radical (unpaired) electrons. The fourth-order valence-corrected chi connectivity index (χ4v) is 1.93. The van der Waals surface area contributed by atoms with Crippen LogP contribution in [0.5, 0.6) is 0 Å². The zero-order chi connectivity index (χ0) is 10.8. The van der Waals surface area contributed by atoms with Crippen LogP contribution in [0, 0.1) is 5.82 Å². The third-order valence-corrected chi connectivity index (χ3v) is 2.90. The molecule has 1 aromatic rings. The highest BCUT2D eigenvalue weighted by atomic mass is 79.9. The van der Waals surface area contributed by atoms with Gasteiger partial charge in [0.1, 0.15) is 5.82 Å². The number of amides is 1. The summed E-state index contributed by atoms with van der Waals surface area (Å²) in [7, 11) is 0. The average Bonchev–Trinajstić information content (AvgIpc) is 2.22. The van der Waals surface area contributed by atoms with Crippen molar-refractivity contribution in [2.45, 2.75) is 12.5 Å². The van der Waals surface area contributed by atoms with Crippen molar-refractivity contribution in [2.75, 3.05) is 6.61 Å². The van der Waals surface area contributed by atoms with Crippen molar-refractivity contribution in [2.24, 2.45) is 0 Å². The van der Waals surface area contributed by atoms with Gasteiger partial charge < -0.3 is 10.1 Å². The molecule has 0 aliphatic carbocycles. The van der Waals surface area contributed by atoms with E-state index in [4.69, 9.17) is 4.74 Å². The lowest BCUT2D eigenvalue weighted by atomic mass is 10.0. The lowest BCUT2D eigenvalue weighted by Gasteiger charge is -2.24. The van der Waals surface area contributed by atoms with Crippen molar-refractivity contribution in [3.63, 3.8) is 0 Å². The number of carbonyl (C=O) groups excluding carboxylic acids is 1. The van der Waals surface area contributed by atoms with Crippen molar-refractivity contribution < 1.29 is 13.9 Å². The summed E-state index contributed by atoms with van der Waals surface area (Å²) < 4.78 is 18.8. The van der Waals surface area contributed by atoms with Gasteiger partial charge in [-0.15, -0.1) is 0 Å². The number of benzene rings is 1. The van der Waals surface area contributed by atoms with E-state index in [2.05, 4.69) is 21.2 Å². The van der Waals surface area contributed by atoms with Crippen molar-refractivity contribution in [3.05, 3.63) is 34.1 Å². The van der Waals surface area contributed by atoms with Gasteiger partial charge in [-0.05, 0) is 22.0 Å². The molecular formula is C10H9BrFNO2. The topological polar surface area (TPSA) is 38.3 Å². The zero-order valence-corrected chi connectivity index (χ0v) is 9.38. The lowest BCUT2D eigenvalue weighted by molar-refractivity contribution is 0.115. The van der Waals surface area contributed by atoms with Crippen LogP contribution in [0.25, 0.3) is 0 Å². The molecule has 1 N–H and O–H groups in total. The van der Waals surface area contributed by atoms with Crippen molar-refractivity contribution in [1.82, 2.24) is 5.32 Å². The van der Waals surface area contributed by atoms with E-state index in [0.29, 0.717) is 23.1 Å².